The first-order valence-corrected chi connectivity index (χ1v) is 4.92. The Labute approximate surface area is 84.2 Å². The van der Waals surface area contributed by atoms with Gasteiger partial charge in [-0.05, 0) is 26.3 Å². The Morgan fingerprint density at radius 1 is 1.31 bits per heavy atom. The molecule has 0 bridgehead atoms. The number of nitrogens with zero attached hydrogens (tertiary/aromatic N) is 2. The fourth-order valence-electron chi connectivity index (χ4n) is 1.20. The number of aryl methyl sites for hydroxylation is 1. The summed E-state index contributed by atoms with van der Waals surface area (Å²) in [5.74, 6) is 0.568. The van der Waals surface area contributed by atoms with Crippen LogP contribution in [0, 0.1) is 20.8 Å². The van der Waals surface area contributed by atoms with Gasteiger partial charge in [0.15, 0.2) is 0 Å². The molecule has 3 heteroatoms. The number of hydrogen-bond acceptors (Lipinski definition) is 1. The molecule has 0 aromatic carbocycles. The predicted molar refractivity (Wildman–Crippen MR) is 56.3 cm³/mol. The first-order chi connectivity index (χ1) is 6.16. The summed E-state index contributed by atoms with van der Waals surface area (Å²) < 4.78 is 1.99. The number of rotatable bonds is 3. The third-order valence-corrected chi connectivity index (χ3v) is 2.46. The number of halogens is 1. The van der Waals surface area contributed by atoms with Crippen LogP contribution in [0.2, 0.25) is 0 Å². The second-order valence-electron chi connectivity index (χ2n) is 3.10. The Morgan fingerprint density at radius 2 is 2.00 bits per heavy atom. The van der Waals surface area contributed by atoms with Crippen LogP contribution < -0.4 is 0 Å². The first kappa shape index (κ1) is 10.3. The highest BCUT2D eigenvalue weighted by Gasteiger charge is 2.04. The summed E-state index contributed by atoms with van der Waals surface area (Å²) in [6.07, 6.45) is 3.97. The maximum Gasteiger partial charge on any atom is 0.0625 e. The second-order valence-corrected chi connectivity index (χ2v) is 3.41. The summed E-state index contributed by atoms with van der Waals surface area (Å²) in [4.78, 5) is 0. The van der Waals surface area contributed by atoms with E-state index in [4.69, 9.17) is 11.6 Å². The smallest absolute Gasteiger partial charge is 0.0625 e. The molecule has 0 amide bonds. The van der Waals surface area contributed by atoms with Gasteiger partial charge in [-0.1, -0.05) is 12.2 Å². The summed E-state index contributed by atoms with van der Waals surface area (Å²) in [5, 5.41) is 4.40. The standard InChI is InChI=1S/C10H15ClN2/c1-8-9(2)12-13(10(8)3)7-5-4-6-11/h4-5H,6-7H2,1-3H3. The molecule has 0 aliphatic carbocycles. The van der Waals surface area contributed by atoms with Gasteiger partial charge in [0.25, 0.3) is 0 Å². The third-order valence-electron chi connectivity index (χ3n) is 2.28. The molecule has 0 fully saturated rings. The molecule has 2 nitrogen and oxygen atoms in total. The first-order valence-electron chi connectivity index (χ1n) is 4.38. The molecule has 0 radical (unpaired) electrons. The highest BCUT2D eigenvalue weighted by molar-refractivity contribution is 6.18. The number of allylic oxidation sites excluding steroid dienone is 2. The van der Waals surface area contributed by atoms with Crippen LogP contribution in [-0.2, 0) is 6.54 Å². The summed E-state index contributed by atoms with van der Waals surface area (Å²) in [6, 6.07) is 0. The lowest BCUT2D eigenvalue weighted by Crippen LogP contribution is -2.00. The second kappa shape index (κ2) is 4.47. The summed E-state index contributed by atoms with van der Waals surface area (Å²) >= 11 is 5.53. The minimum Gasteiger partial charge on any atom is -0.266 e. The lowest BCUT2D eigenvalue weighted by Gasteiger charge is -1.98. The topological polar surface area (TPSA) is 17.8 Å². The molecule has 0 N–H and O–H groups in total. The van der Waals surface area contributed by atoms with E-state index in [0.29, 0.717) is 5.88 Å². The van der Waals surface area contributed by atoms with Gasteiger partial charge < -0.3 is 0 Å². The lowest BCUT2D eigenvalue weighted by atomic mass is 10.2. The molecular formula is C10H15ClN2. The van der Waals surface area contributed by atoms with Crippen LogP contribution in [0.3, 0.4) is 0 Å². The summed E-state index contributed by atoms with van der Waals surface area (Å²) in [6.45, 7) is 7.03. The van der Waals surface area contributed by atoms with E-state index in [0.717, 1.165) is 12.2 Å². The van der Waals surface area contributed by atoms with Gasteiger partial charge in [0.05, 0.1) is 12.2 Å². The van der Waals surface area contributed by atoms with E-state index in [1.807, 2.05) is 23.8 Å². The minimum absolute atomic E-state index is 0.568. The average molecular weight is 199 g/mol. The van der Waals surface area contributed by atoms with Crippen molar-refractivity contribution in [2.75, 3.05) is 5.88 Å². The van der Waals surface area contributed by atoms with Crippen molar-refractivity contribution in [3.05, 3.63) is 29.1 Å². The quantitative estimate of drug-likeness (QED) is 0.539. The highest BCUT2D eigenvalue weighted by atomic mass is 35.5. The molecule has 0 aliphatic rings. The Bertz CT molecular complexity index is 313. The molecule has 1 rings (SSSR count). The number of alkyl halides is 1. The van der Waals surface area contributed by atoms with Gasteiger partial charge in [-0.25, -0.2) is 0 Å². The fraction of sp³-hybridized carbons (Fsp3) is 0.500. The third kappa shape index (κ3) is 2.34. The molecule has 0 atom stereocenters. The van der Waals surface area contributed by atoms with Gasteiger partial charge in [0.1, 0.15) is 0 Å². The Balaban J connectivity index is 2.78. The van der Waals surface area contributed by atoms with Gasteiger partial charge in [0.2, 0.25) is 0 Å². The summed E-state index contributed by atoms with van der Waals surface area (Å²) in [5.41, 5.74) is 3.62. The maximum atomic E-state index is 5.53. The molecule has 0 spiro atoms. The SMILES string of the molecule is Cc1nn(CC=CCCl)c(C)c1C. The molecule has 0 saturated carbocycles. The van der Waals surface area contributed by atoms with Crippen LogP contribution in [0.15, 0.2) is 12.2 Å². The molecule has 0 saturated heterocycles. The van der Waals surface area contributed by atoms with E-state index in [9.17, 15) is 0 Å². The van der Waals surface area contributed by atoms with E-state index in [1.165, 1.54) is 11.3 Å². The summed E-state index contributed by atoms with van der Waals surface area (Å²) in [7, 11) is 0. The van der Waals surface area contributed by atoms with Gasteiger partial charge in [0, 0.05) is 11.6 Å². The van der Waals surface area contributed by atoms with Crippen LogP contribution >= 0.6 is 11.6 Å². The van der Waals surface area contributed by atoms with Gasteiger partial charge in [-0.2, -0.15) is 5.10 Å². The Kier molecular flexibility index (Phi) is 3.55. The molecule has 1 heterocycles. The normalized spacial score (nSPS) is 11.4. The molecule has 1 aromatic rings. The van der Waals surface area contributed by atoms with Crippen molar-refractivity contribution in [2.45, 2.75) is 27.3 Å². The number of hydrogen-bond donors (Lipinski definition) is 0. The maximum absolute atomic E-state index is 5.53. The van der Waals surface area contributed by atoms with Crippen LogP contribution in [0.5, 0.6) is 0 Å². The van der Waals surface area contributed by atoms with Crippen molar-refractivity contribution >= 4 is 11.6 Å². The van der Waals surface area contributed by atoms with Gasteiger partial charge in [-0.15, -0.1) is 11.6 Å². The zero-order chi connectivity index (χ0) is 9.84. The molecule has 0 unspecified atom stereocenters. The van der Waals surface area contributed by atoms with Crippen molar-refractivity contribution in [3.8, 4) is 0 Å². The molecule has 1 aromatic heterocycles. The van der Waals surface area contributed by atoms with Crippen LogP contribution in [0.1, 0.15) is 17.0 Å². The predicted octanol–water partition coefficient (Wildman–Crippen LogP) is 2.60. The fourth-order valence-corrected chi connectivity index (χ4v) is 1.33. The zero-order valence-electron chi connectivity index (χ0n) is 8.34. The molecular weight excluding hydrogens is 184 g/mol. The van der Waals surface area contributed by atoms with Crippen molar-refractivity contribution < 1.29 is 0 Å². The van der Waals surface area contributed by atoms with Gasteiger partial charge >= 0.3 is 0 Å². The van der Waals surface area contributed by atoms with Gasteiger partial charge in [-0.3, -0.25) is 4.68 Å². The lowest BCUT2D eigenvalue weighted by molar-refractivity contribution is 0.671. The van der Waals surface area contributed by atoms with E-state index in [-0.39, 0.29) is 0 Å². The van der Waals surface area contributed by atoms with Crippen LogP contribution in [0.25, 0.3) is 0 Å². The molecule has 72 valence electrons. The largest absolute Gasteiger partial charge is 0.266 e. The zero-order valence-corrected chi connectivity index (χ0v) is 9.10. The average Bonchev–Trinajstić information content (AvgIpc) is 2.34. The minimum atomic E-state index is 0.568. The Morgan fingerprint density at radius 3 is 2.46 bits per heavy atom. The molecule has 0 aliphatic heterocycles. The van der Waals surface area contributed by atoms with Crippen molar-refractivity contribution in [2.24, 2.45) is 0 Å². The van der Waals surface area contributed by atoms with Crippen molar-refractivity contribution in [1.29, 1.82) is 0 Å². The van der Waals surface area contributed by atoms with Crippen LogP contribution in [-0.4, -0.2) is 15.7 Å². The van der Waals surface area contributed by atoms with E-state index < -0.39 is 0 Å². The molecule has 13 heavy (non-hydrogen) atoms. The Hall–Kier alpha value is -0.760. The monoisotopic (exact) mass is 198 g/mol. The van der Waals surface area contributed by atoms with E-state index in [1.54, 1.807) is 0 Å². The van der Waals surface area contributed by atoms with Crippen molar-refractivity contribution in [1.82, 2.24) is 9.78 Å². The number of aromatic nitrogens is 2. The highest BCUT2D eigenvalue weighted by Crippen LogP contribution is 2.10. The van der Waals surface area contributed by atoms with E-state index >= 15 is 0 Å². The van der Waals surface area contributed by atoms with Crippen LogP contribution in [0.4, 0.5) is 0 Å². The van der Waals surface area contributed by atoms with E-state index in [2.05, 4.69) is 18.9 Å². The van der Waals surface area contributed by atoms with Crippen molar-refractivity contribution in [3.63, 3.8) is 0 Å².